The van der Waals surface area contributed by atoms with Crippen molar-refractivity contribution in [1.82, 2.24) is 0 Å². The minimum absolute atomic E-state index is 0.357. The van der Waals surface area contributed by atoms with Crippen LogP contribution < -0.4 is 0 Å². The van der Waals surface area contributed by atoms with E-state index in [1.807, 2.05) is 0 Å². The van der Waals surface area contributed by atoms with Gasteiger partial charge in [-0.3, -0.25) is 0 Å². The summed E-state index contributed by atoms with van der Waals surface area (Å²) in [5.41, 5.74) is 1.02. The summed E-state index contributed by atoms with van der Waals surface area (Å²) in [6.07, 6.45) is 1.41. The molecule has 62 valence electrons. The maximum Gasteiger partial charge on any atom is 0.240 e. The van der Waals surface area contributed by atoms with Crippen LogP contribution in [0.2, 0.25) is 0 Å². The summed E-state index contributed by atoms with van der Waals surface area (Å²) in [4.78, 5) is 13.4. The van der Waals surface area contributed by atoms with Gasteiger partial charge in [0.2, 0.25) is 6.08 Å². The molecule has 0 fully saturated rings. The third kappa shape index (κ3) is 1.78. The molecule has 0 radical (unpaired) electrons. The van der Waals surface area contributed by atoms with Crippen molar-refractivity contribution in [1.29, 1.82) is 0 Å². The first-order chi connectivity index (χ1) is 5.65. The molecule has 4 heteroatoms. The number of aryl methyl sites for hydroxylation is 1. The Hall–Kier alpha value is -0.990. The van der Waals surface area contributed by atoms with E-state index in [1.165, 1.54) is 18.2 Å². The highest BCUT2D eigenvalue weighted by molar-refractivity contribution is 9.10. The van der Waals surface area contributed by atoms with Gasteiger partial charge < -0.3 is 0 Å². The van der Waals surface area contributed by atoms with E-state index in [2.05, 4.69) is 20.9 Å². The number of carbonyl (C=O) groups excluding carboxylic acids is 1. The largest absolute Gasteiger partial charge is 0.240 e. The van der Waals surface area contributed by atoms with E-state index in [-0.39, 0.29) is 5.82 Å². The number of nitrogens with zero attached hydrogens (tertiary/aromatic N) is 1. The lowest BCUT2D eigenvalue weighted by atomic mass is 10.2. The Morgan fingerprint density at radius 3 is 2.75 bits per heavy atom. The summed E-state index contributed by atoms with van der Waals surface area (Å²) < 4.78 is 13.1. The topological polar surface area (TPSA) is 29.4 Å². The molecule has 0 amide bonds. The molecule has 0 saturated heterocycles. The van der Waals surface area contributed by atoms with E-state index in [4.69, 9.17) is 0 Å². The fourth-order valence-electron chi connectivity index (χ4n) is 0.882. The molecule has 2 nitrogen and oxygen atoms in total. The second-order valence-corrected chi connectivity index (χ2v) is 3.11. The van der Waals surface area contributed by atoms with E-state index < -0.39 is 0 Å². The van der Waals surface area contributed by atoms with Crippen molar-refractivity contribution >= 4 is 27.7 Å². The van der Waals surface area contributed by atoms with Crippen LogP contribution in [0.1, 0.15) is 5.56 Å². The predicted octanol–water partition coefficient (Wildman–Crippen LogP) is 2.86. The highest BCUT2D eigenvalue weighted by Crippen LogP contribution is 2.29. The predicted molar refractivity (Wildman–Crippen MR) is 46.6 cm³/mol. The maximum atomic E-state index is 12.7. The Bertz CT molecular complexity index is 335. The van der Waals surface area contributed by atoms with E-state index in [9.17, 15) is 9.18 Å². The SMILES string of the molecule is Cc1cc(F)cc(Br)c1N=C=O. The van der Waals surface area contributed by atoms with Gasteiger partial charge in [0.05, 0.1) is 5.69 Å². The number of hydrogen-bond donors (Lipinski definition) is 0. The Morgan fingerprint density at radius 1 is 1.58 bits per heavy atom. The first-order valence-corrected chi connectivity index (χ1v) is 3.98. The lowest BCUT2D eigenvalue weighted by Gasteiger charge is -2.00. The summed E-state index contributed by atoms with van der Waals surface area (Å²) in [7, 11) is 0. The summed E-state index contributed by atoms with van der Waals surface area (Å²) in [6, 6.07) is 2.56. The van der Waals surface area contributed by atoms with Crippen LogP contribution in [-0.4, -0.2) is 6.08 Å². The average molecular weight is 230 g/mol. The molecule has 0 saturated carbocycles. The lowest BCUT2D eigenvalue weighted by molar-refractivity contribution is 0.565. The second kappa shape index (κ2) is 3.61. The molecule has 0 aliphatic heterocycles. The fourth-order valence-corrected chi connectivity index (χ4v) is 1.50. The highest BCUT2D eigenvalue weighted by atomic mass is 79.9. The molecule has 0 aliphatic carbocycles. The van der Waals surface area contributed by atoms with Gasteiger partial charge >= 0.3 is 0 Å². The molecule has 0 atom stereocenters. The highest BCUT2D eigenvalue weighted by Gasteiger charge is 2.04. The number of rotatable bonds is 1. The van der Waals surface area contributed by atoms with Crippen molar-refractivity contribution in [2.45, 2.75) is 6.92 Å². The molecule has 0 N–H and O–H groups in total. The molecule has 0 aliphatic rings. The molecular weight excluding hydrogens is 225 g/mol. The van der Waals surface area contributed by atoms with Gasteiger partial charge in [-0.25, -0.2) is 9.18 Å². The Labute approximate surface area is 77.3 Å². The van der Waals surface area contributed by atoms with Gasteiger partial charge in [0.1, 0.15) is 5.82 Å². The zero-order valence-electron chi connectivity index (χ0n) is 6.27. The van der Waals surface area contributed by atoms with Gasteiger partial charge in [-0.05, 0) is 40.5 Å². The van der Waals surface area contributed by atoms with Crippen LogP contribution in [0.25, 0.3) is 0 Å². The van der Waals surface area contributed by atoms with Gasteiger partial charge in [0.25, 0.3) is 0 Å². The molecule has 1 rings (SSSR count). The third-order valence-electron chi connectivity index (χ3n) is 1.38. The van der Waals surface area contributed by atoms with Crippen molar-refractivity contribution in [3.8, 4) is 0 Å². The normalized spacial score (nSPS) is 9.25. The fraction of sp³-hybridized carbons (Fsp3) is 0.125. The average Bonchev–Trinajstić information content (AvgIpc) is 1.96. The first-order valence-electron chi connectivity index (χ1n) is 3.18. The molecule has 0 unspecified atom stereocenters. The molecule has 1 aromatic carbocycles. The summed E-state index contributed by atoms with van der Waals surface area (Å²) in [6.45, 7) is 1.67. The minimum Gasteiger partial charge on any atom is -0.211 e. The van der Waals surface area contributed by atoms with Gasteiger partial charge in [-0.15, -0.1) is 0 Å². The summed E-state index contributed by atoms with van der Waals surface area (Å²) >= 11 is 3.09. The van der Waals surface area contributed by atoms with Crippen molar-refractivity contribution in [3.63, 3.8) is 0 Å². The lowest BCUT2D eigenvalue weighted by Crippen LogP contribution is -1.80. The molecule has 1 aromatic rings. The van der Waals surface area contributed by atoms with Gasteiger partial charge in [0, 0.05) is 4.47 Å². The zero-order chi connectivity index (χ0) is 9.14. The van der Waals surface area contributed by atoms with Crippen LogP contribution in [-0.2, 0) is 4.79 Å². The number of halogens is 2. The smallest absolute Gasteiger partial charge is 0.211 e. The van der Waals surface area contributed by atoms with Gasteiger partial charge in [0.15, 0.2) is 0 Å². The van der Waals surface area contributed by atoms with Crippen LogP contribution in [0.3, 0.4) is 0 Å². The molecule has 0 spiro atoms. The van der Waals surface area contributed by atoms with E-state index in [1.54, 1.807) is 6.92 Å². The molecular formula is C8H5BrFNO. The van der Waals surface area contributed by atoms with Gasteiger partial charge in [-0.2, -0.15) is 4.99 Å². The van der Waals surface area contributed by atoms with Crippen LogP contribution in [0.15, 0.2) is 21.6 Å². The maximum absolute atomic E-state index is 12.7. The molecule has 0 heterocycles. The summed E-state index contributed by atoms with van der Waals surface area (Å²) in [5, 5.41) is 0. The number of isocyanates is 1. The van der Waals surface area contributed by atoms with Crippen LogP contribution >= 0.6 is 15.9 Å². The van der Waals surface area contributed by atoms with Crippen LogP contribution in [0.4, 0.5) is 10.1 Å². The van der Waals surface area contributed by atoms with Crippen molar-refractivity contribution < 1.29 is 9.18 Å². The molecule has 0 aromatic heterocycles. The first kappa shape index (κ1) is 9.10. The van der Waals surface area contributed by atoms with Crippen molar-refractivity contribution in [2.75, 3.05) is 0 Å². The number of benzene rings is 1. The Kier molecular flexibility index (Phi) is 2.74. The van der Waals surface area contributed by atoms with E-state index >= 15 is 0 Å². The van der Waals surface area contributed by atoms with Crippen LogP contribution in [0.5, 0.6) is 0 Å². The number of aliphatic imine (C=N–C) groups is 1. The van der Waals surface area contributed by atoms with Crippen molar-refractivity contribution in [2.24, 2.45) is 4.99 Å². The Morgan fingerprint density at radius 2 is 2.25 bits per heavy atom. The third-order valence-corrected chi connectivity index (χ3v) is 1.98. The summed E-state index contributed by atoms with van der Waals surface area (Å²) in [5.74, 6) is -0.357. The molecule has 0 bridgehead atoms. The standard InChI is InChI=1S/C8H5BrFNO/c1-5-2-6(10)3-7(9)8(5)11-4-12/h2-3H,1H3. The van der Waals surface area contributed by atoms with E-state index in [0.717, 1.165) is 0 Å². The molecule has 12 heavy (non-hydrogen) atoms. The van der Waals surface area contributed by atoms with Crippen LogP contribution in [0, 0.1) is 12.7 Å². The zero-order valence-corrected chi connectivity index (χ0v) is 7.85. The van der Waals surface area contributed by atoms with Crippen molar-refractivity contribution in [3.05, 3.63) is 28.0 Å². The minimum atomic E-state index is -0.357. The Balaban J connectivity index is 3.37. The number of hydrogen-bond acceptors (Lipinski definition) is 2. The van der Waals surface area contributed by atoms with E-state index in [0.29, 0.717) is 15.7 Å². The monoisotopic (exact) mass is 229 g/mol. The quantitative estimate of drug-likeness (QED) is 0.538. The second-order valence-electron chi connectivity index (χ2n) is 2.26. The van der Waals surface area contributed by atoms with Gasteiger partial charge in [-0.1, -0.05) is 0 Å².